The van der Waals surface area contributed by atoms with Crippen LogP contribution in [0.4, 0.5) is 0 Å². The molecule has 10 aromatic heterocycles. The van der Waals surface area contributed by atoms with Crippen molar-refractivity contribution in [1.82, 2.24) is 27.5 Å². The second-order valence-corrected chi connectivity index (χ2v) is 24.4. The number of nitrogens with zero attached hydrogens (tertiary/aromatic N) is 6. The molecule has 0 aliphatic heterocycles. The van der Waals surface area contributed by atoms with Crippen LogP contribution in [-0.2, 0) is 18.3 Å². The molecule has 0 spiro atoms. The minimum Gasteiger partial charge on any atom is -0.252 e. The fourth-order valence-corrected chi connectivity index (χ4v) is 16.9. The molecule has 0 radical (unpaired) electrons. The predicted molar refractivity (Wildman–Crippen MR) is 277 cm³/mol. The summed E-state index contributed by atoms with van der Waals surface area (Å²) in [6, 6.07) is 22.8. The lowest BCUT2D eigenvalue weighted by Crippen LogP contribution is -2.13. The Hall–Kier alpha value is -3.86. The van der Waals surface area contributed by atoms with Gasteiger partial charge in [0.25, 0.3) is 0 Å². The molecule has 1 aliphatic carbocycles. The Kier molecular flexibility index (Phi) is 11.6. The molecule has 0 fully saturated rings. The Morgan fingerprint density at radius 2 is 0.841 bits per heavy atom. The fourth-order valence-electron chi connectivity index (χ4n) is 8.66. The van der Waals surface area contributed by atoms with E-state index in [0.717, 1.165) is 54.3 Å². The van der Waals surface area contributed by atoms with Crippen LogP contribution < -0.4 is 0 Å². The summed E-state index contributed by atoms with van der Waals surface area (Å²) in [6.45, 7) is 9.24. The van der Waals surface area contributed by atoms with Crippen molar-refractivity contribution < 1.29 is 0 Å². The van der Waals surface area contributed by atoms with Gasteiger partial charge in [-0.25, -0.2) is 0 Å². The lowest BCUT2D eigenvalue weighted by molar-refractivity contribution is 0.663. The molecular formula is C49H44N6S8. The van der Waals surface area contributed by atoms with Crippen LogP contribution >= 0.6 is 91.5 Å². The zero-order chi connectivity index (χ0) is 42.7. The van der Waals surface area contributed by atoms with Gasteiger partial charge >= 0.3 is 0 Å². The molecule has 0 N–H and O–H groups in total. The van der Waals surface area contributed by atoms with E-state index in [1.807, 2.05) is 57.7 Å². The molecule has 10 heterocycles. The maximum Gasteiger partial charge on any atom is 0.132 e. The van der Waals surface area contributed by atoms with Crippen molar-refractivity contribution in [2.75, 3.05) is 0 Å². The second kappa shape index (κ2) is 17.5. The van der Waals surface area contributed by atoms with Crippen molar-refractivity contribution in [2.24, 2.45) is 0 Å². The molecule has 0 saturated carbocycles. The molecule has 318 valence electrons. The number of aromatic nitrogens is 6. The summed E-state index contributed by atoms with van der Waals surface area (Å²) in [5, 5.41) is 0. The highest BCUT2D eigenvalue weighted by atomic mass is 32.1. The minimum absolute atomic E-state index is 0.164. The van der Waals surface area contributed by atoms with Crippen molar-refractivity contribution in [3.8, 4) is 71.3 Å². The number of aryl methyl sites for hydroxylation is 2. The van der Waals surface area contributed by atoms with Crippen LogP contribution in [0.15, 0.2) is 73.1 Å². The summed E-state index contributed by atoms with van der Waals surface area (Å²) in [7, 11) is 0. The molecule has 6 nitrogen and oxygen atoms in total. The molecule has 0 unspecified atom stereocenters. The first kappa shape index (κ1) is 41.8. The zero-order valence-electron chi connectivity index (χ0n) is 35.4. The standard InChI is InChI=1S/C49H44N6S8/c1-5-7-9-11-13-27-15-17-33(56-27)35-19-21-37(58-35)43-45-41(52-62-54-45)29(25-50-43)39-23-31-47(60-39)48-32(49(31,3)4)24-40(61-48)30-26-51-44(46-42(30)53-63-55-46)38-22-20-36(59-38)34-18-16-28(57-34)14-12-10-8-6-2/h15-26H,5-14H2,1-4H3. The van der Waals surface area contributed by atoms with E-state index in [4.69, 9.17) is 27.5 Å². The highest BCUT2D eigenvalue weighted by Gasteiger charge is 2.40. The summed E-state index contributed by atoms with van der Waals surface area (Å²) >= 11 is 13.7. The quantitative estimate of drug-likeness (QED) is 0.0898. The molecule has 14 heteroatoms. The summed E-state index contributed by atoms with van der Waals surface area (Å²) in [6.07, 6.45) is 16.7. The maximum absolute atomic E-state index is 5.10. The lowest BCUT2D eigenvalue weighted by Gasteiger charge is -2.19. The normalized spacial score (nSPS) is 13.2. The largest absolute Gasteiger partial charge is 0.252 e. The van der Waals surface area contributed by atoms with E-state index < -0.39 is 0 Å². The minimum atomic E-state index is -0.164. The van der Waals surface area contributed by atoms with Crippen LogP contribution in [0.5, 0.6) is 0 Å². The van der Waals surface area contributed by atoms with Crippen LogP contribution in [-0.4, -0.2) is 27.5 Å². The number of thiophene rings is 6. The summed E-state index contributed by atoms with van der Waals surface area (Å²) in [4.78, 5) is 25.6. The van der Waals surface area contributed by atoms with Gasteiger partial charge in [-0.1, -0.05) is 66.2 Å². The molecule has 0 atom stereocenters. The Bertz CT molecular complexity index is 3020. The van der Waals surface area contributed by atoms with E-state index in [0.29, 0.717) is 0 Å². The third-order valence-corrected chi connectivity index (χ3v) is 20.6. The molecule has 10 aromatic rings. The number of fused-ring (bicyclic) bond motifs is 5. The molecule has 0 saturated heterocycles. The first-order valence-corrected chi connectivity index (χ1v) is 28.1. The smallest absolute Gasteiger partial charge is 0.132 e. The van der Waals surface area contributed by atoms with E-state index in [1.54, 1.807) is 22.7 Å². The van der Waals surface area contributed by atoms with Crippen molar-refractivity contribution in [3.05, 3.63) is 93.9 Å². The number of rotatable bonds is 16. The van der Waals surface area contributed by atoms with Gasteiger partial charge in [0.2, 0.25) is 0 Å². The highest BCUT2D eigenvalue weighted by Crippen LogP contribution is 2.59. The Labute approximate surface area is 400 Å². The third-order valence-electron chi connectivity index (χ3n) is 12.2. The van der Waals surface area contributed by atoms with Crippen LogP contribution in [0.25, 0.3) is 93.4 Å². The Morgan fingerprint density at radius 3 is 1.30 bits per heavy atom. The topological polar surface area (TPSA) is 77.3 Å². The van der Waals surface area contributed by atoms with Gasteiger partial charge in [0, 0.05) is 77.7 Å². The van der Waals surface area contributed by atoms with E-state index >= 15 is 0 Å². The summed E-state index contributed by atoms with van der Waals surface area (Å²) in [5.41, 5.74) is 10.1. The number of pyridine rings is 2. The highest BCUT2D eigenvalue weighted by molar-refractivity contribution is 7.26. The first-order valence-electron chi connectivity index (χ1n) is 21.8. The average molecular weight is 973 g/mol. The van der Waals surface area contributed by atoms with Gasteiger partial charge in [0.05, 0.1) is 33.2 Å². The van der Waals surface area contributed by atoms with Gasteiger partial charge in [-0.05, 0) is 97.5 Å². The van der Waals surface area contributed by atoms with Crippen LogP contribution in [0.1, 0.15) is 99.9 Å². The molecule has 11 rings (SSSR count). The van der Waals surface area contributed by atoms with Crippen LogP contribution in [0.2, 0.25) is 0 Å². The molecule has 0 bridgehead atoms. The SMILES string of the molecule is CCCCCCc1ccc(-c2ccc(-c3ncc(-c4cc5c(s4)-c4sc(-c6cnc(-c7ccc(-c8ccc(CCCCCC)s8)s7)c7nsnc67)cc4C5(C)C)c4nsnc34)s2)s1. The molecule has 63 heavy (non-hydrogen) atoms. The third kappa shape index (κ3) is 7.71. The van der Waals surface area contributed by atoms with Gasteiger partial charge in [-0.2, -0.15) is 17.5 Å². The van der Waals surface area contributed by atoms with Gasteiger partial charge in [0.15, 0.2) is 0 Å². The zero-order valence-corrected chi connectivity index (χ0v) is 42.0. The van der Waals surface area contributed by atoms with Gasteiger partial charge < -0.3 is 0 Å². The maximum atomic E-state index is 5.10. The van der Waals surface area contributed by atoms with E-state index in [9.17, 15) is 0 Å². The Balaban J connectivity index is 0.857. The van der Waals surface area contributed by atoms with Crippen molar-refractivity contribution in [2.45, 2.75) is 97.3 Å². The monoisotopic (exact) mass is 972 g/mol. The number of hydrogen-bond donors (Lipinski definition) is 0. The molecular weight excluding hydrogens is 929 g/mol. The lowest BCUT2D eigenvalue weighted by atomic mass is 9.83. The first-order chi connectivity index (χ1) is 30.9. The summed E-state index contributed by atoms with van der Waals surface area (Å²) in [5.74, 6) is 0. The van der Waals surface area contributed by atoms with E-state index in [1.165, 1.54) is 148 Å². The van der Waals surface area contributed by atoms with E-state index in [-0.39, 0.29) is 5.41 Å². The van der Waals surface area contributed by atoms with Crippen molar-refractivity contribution >= 4 is 114 Å². The van der Waals surface area contributed by atoms with Gasteiger partial charge in [-0.3, -0.25) is 9.97 Å². The second-order valence-electron chi connectivity index (χ2n) is 16.8. The number of hydrogen-bond acceptors (Lipinski definition) is 14. The van der Waals surface area contributed by atoms with Crippen LogP contribution in [0, 0.1) is 0 Å². The van der Waals surface area contributed by atoms with Crippen LogP contribution in [0.3, 0.4) is 0 Å². The van der Waals surface area contributed by atoms with Gasteiger partial charge in [0.1, 0.15) is 33.5 Å². The van der Waals surface area contributed by atoms with Crippen molar-refractivity contribution in [3.63, 3.8) is 0 Å². The van der Waals surface area contributed by atoms with E-state index in [2.05, 4.69) is 88.4 Å². The Morgan fingerprint density at radius 1 is 0.429 bits per heavy atom. The molecule has 1 aliphatic rings. The molecule has 0 aromatic carbocycles. The van der Waals surface area contributed by atoms with Gasteiger partial charge in [-0.15, -0.1) is 68.0 Å². The fraction of sp³-hybridized carbons (Fsp3) is 0.306. The average Bonchev–Trinajstić information content (AvgIpc) is 4.14. The molecule has 0 amide bonds. The van der Waals surface area contributed by atoms with Crippen molar-refractivity contribution in [1.29, 1.82) is 0 Å². The predicted octanol–water partition coefficient (Wildman–Crippen LogP) is 17.4. The number of unbranched alkanes of at least 4 members (excludes halogenated alkanes) is 6. The summed E-state index contributed by atoms with van der Waals surface area (Å²) < 4.78 is 19.4.